The minimum absolute atomic E-state index is 0.000464. The van der Waals surface area contributed by atoms with Crippen molar-refractivity contribution in [3.8, 4) is 10.7 Å². The molecule has 1 N–H and O–H groups in total. The summed E-state index contributed by atoms with van der Waals surface area (Å²) in [5, 5.41) is 20.0. The van der Waals surface area contributed by atoms with E-state index in [0.29, 0.717) is 11.4 Å². The first-order valence-electron chi connectivity index (χ1n) is 7.59. The SMILES string of the molecule is COCC(=O)n1nc(-c2cccs2)nc1NCc1cccc([N+](=O)[O-])c1. The van der Waals surface area contributed by atoms with Crippen LogP contribution in [-0.2, 0) is 11.3 Å². The van der Waals surface area contributed by atoms with E-state index in [1.807, 2.05) is 17.5 Å². The molecule has 2 aromatic heterocycles. The second-order valence-electron chi connectivity index (χ2n) is 5.26. The molecule has 0 unspecified atom stereocenters. The van der Waals surface area contributed by atoms with Crippen LogP contribution in [0.4, 0.5) is 11.6 Å². The van der Waals surface area contributed by atoms with Gasteiger partial charge in [0.2, 0.25) is 5.95 Å². The van der Waals surface area contributed by atoms with E-state index in [1.165, 1.54) is 30.6 Å². The maximum atomic E-state index is 12.2. The highest BCUT2D eigenvalue weighted by Gasteiger charge is 2.17. The van der Waals surface area contributed by atoms with Gasteiger partial charge in [0, 0.05) is 25.8 Å². The number of anilines is 1. The van der Waals surface area contributed by atoms with Gasteiger partial charge in [-0.1, -0.05) is 18.2 Å². The highest BCUT2D eigenvalue weighted by molar-refractivity contribution is 7.13. The van der Waals surface area contributed by atoms with Crippen molar-refractivity contribution in [3.63, 3.8) is 0 Å². The van der Waals surface area contributed by atoms with Crippen LogP contribution in [0.15, 0.2) is 41.8 Å². The fourth-order valence-corrected chi connectivity index (χ4v) is 2.91. The van der Waals surface area contributed by atoms with Crippen molar-refractivity contribution in [2.24, 2.45) is 0 Å². The number of nitrogens with zero attached hydrogens (tertiary/aromatic N) is 4. The molecule has 1 aromatic carbocycles. The molecule has 3 rings (SSSR count). The molecule has 0 saturated carbocycles. The summed E-state index contributed by atoms with van der Waals surface area (Å²) in [7, 11) is 1.42. The van der Waals surface area contributed by atoms with Crippen molar-refractivity contribution < 1.29 is 14.5 Å². The Bertz CT molecular complexity index is 923. The van der Waals surface area contributed by atoms with Gasteiger partial charge in [-0.05, 0) is 17.0 Å². The van der Waals surface area contributed by atoms with Crippen molar-refractivity contribution >= 4 is 28.9 Å². The first-order chi connectivity index (χ1) is 12.6. The molecule has 0 saturated heterocycles. The van der Waals surface area contributed by atoms with Gasteiger partial charge < -0.3 is 10.1 Å². The largest absolute Gasteiger partial charge is 0.375 e. The highest BCUT2D eigenvalue weighted by Crippen LogP contribution is 2.23. The number of ether oxygens (including phenoxy) is 1. The Balaban J connectivity index is 1.85. The first-order valence-corrected chi connectivity index (χ1v) is 8.46. The third-order valence-electron chi connectivity index (χ3n) is 3.42. The molecule has 0 amide bonds. The van der Waals surface area contributed by atoms with Crippen molar-refractivity contribution in [1.82, 2.24) is 14.8 Å². The summed E-state index contributed by atoms with van der Waals surface area (Å²) in [6, 6.07) is 9.96. The van der Waals surface area contributed by atoms with Gasteiger partial charge in [0.1, 0.15) is 6.61 Å². The monoisotopic (exact) mass is 373 g/mol. The Labute approximate surface area is 152 Å². The number of nitro benzene ring substituents is 1. The van der Waals surface area contributed by atoms with Gasteiger partial charge in [-0.15, -0.1) is 16.4 Å². The number of nitrogens with one attached hydrogen (secondary N) is 1. The summed E-state index contributed by atoms with van der Waals surface area (Å²) in [5.41, 5.74) is 0.686. The van der Waals surface area contributed by atoms with Crippen LogP contribution in [0.1, 0.15) is 10.4 Å². The molecule has 0 radical (unpaired) electrons. The van der Waals surface area contributed by atoms with Crippen LogP contribution >= 0.6 is 11.3 Å². The molecule has 9 nitrogen and oxygen atoms in total. The fraction of sp³-hybridized carbons (Fsp3) is 0.188. The summed E-state index contributed by atoms with van der Waals surface area (Å²) in [4.78, 5) is 27.8. The highest BCUT2D eigenvalue weighted by atomic mass is 32.1. The predicted molar refractivity (Wildman–Crippen MR) is 96.3 cm³/mol. The predicted octanol–water partition coefficient (Wildman–Crippen LogP) is 2.81. The van der Waals surface area contributed by atoms with Crippen LogP contribution in [0.25, 0.3) is 10.7 Å². The molecule has 0 spiro atoms. The van der Waals surface area contributed by atoms with Gasteiger partial charge >= 0.3 is 0 Å². The number of carbonyl (C=O) groups is 1. The van der Waals surface area contributed by atoms with Gasteiger partial charge in [0.05, 0.1) is 9.80 Å². The molecular formula is C16H15N5O4S. The molecule has 134 valence electrons. The van der Waals surface area contributed by atoms with E-state index in [1.54, 1.807) is 12.1 Å². The lowest BCUT2D eigenvalue weighted by Gasteiger charge is -2.06. The molecule has 0 aliphatic heterocycles. The van der Waals surface area contributed by atoms with Crippen LogP contribution in [0.2, 0.25) is 0 Å². The average Bonchev–Trinajstić information content (AvgIpc) is 3.30. The Morgan fingerprint density at radius 3 is 2.92 bits per heavy atom. The maximum Gasteiger partial charge on any atom is 0.276 e. The molecular weight excluding hydrogens is 358 g/mol. The zero-order valence-electron chi connectivity index (χ0n) is 13.8. The minimum Gasteiger partial charge on any atom is -0.375 e. The summed E-state index contributed by atoms with van der Waals surface area (Å²) >= 11 is 1.46. The van der Waals surface area contributed by atoms with Gasteiger partial charge in [0.15, 0.2) is 5.82 Å². The van der Waals surface area contributed by atoms with E-state index in [-0.39, 0.29) is 30.7 Å². The zero-order chi connectivity index (χ0) is 18.5. The van der Waals surface area contributed by atoms with Crippen molar-refractivity contribution in [1.29, 1.82) is 0 Å². The Morgan fingerprint density at radius 1 is 1.38 bits per heavy atom. The van der Waals surface area contributed by atoms with Crippen LogP contribution in [-0.4, -0.2) is 39.3 Å². The third kappa shape index (κ3) is 3.92. The smallest absolute Gasteiger partial charge is 0.276 e. The number of rotatable bonds is 7. The van der Waals surface area contributed by atoms with E-state index in [4.69, 9.17) is 4.74 Å². The normalized spacial score (nSPS) is 10.7. The first kappa shape index (κ1) is 17.7. The lowest BCUT2D eigenvalue weighted by molar-refractivity contribution is -0.384. The summed E-state index contributed by atoms with van der Waals surface area (Å²) in [6.07, 6.45) is 0. The van der Waals surface area contributed by atoms with Gasteiger partial charge in [-0.25, -0.2) is 0 Å². The van der Waals surface area contributed by atoms with E-state index in [9.17, 15) is 14.9 Å². The molecule has 2 heterocycles. The number of carbonyl (C=O) groups excluding carboxylic acids is 1. The molecule has 3 aromatic rings. The maximum absolute atomic E-state index is 12.2. The topological polar surface area (TPSA) is 112 Å². The number of hydrogen-bond donors (Lipinski definition) is 1. The van der Waals surface area contributed by atoms with Crippen molar-refractivity contribution in [3.05, 3.63) is 57.5 Å². The Kier molecular flexibility index (Phi) is 5.34. The number of nitro groups is 1. The third-order valence-corrected chi connectivity index (χ3v) is 4.29. The van der Waals surface area contributed by atoms with Crippen LogP contribution in [0.3, 0.4) is 0 Å². The number of benzene rings is 1. The Morgan fingerprint density at radius 2 is 2.23 bits per heavy atom. The summed E-state index contributed by atoms with van der Waals surface area (Å²) < 4.78 is 6.03. The number of aromatic nitrogens is 3. The molecule has 0 atom stereocenters. The molecule has 0 aliphatic carbocycles. The molecule has 0 aliphatic rings. The zero-order valence-corrected chi connectivity index (χ0v) is 14.6. The minimum atomic E-state index is -0.455. The van der Waals surface area contributed by atoms with E-state index in [0.717, 1.165) is 9.56 Å². The number of hydrogen-bond acceptors (Lipinski definition) is 8. The van der Waals surface area contributed by atoms with Gasteiger partial charge in [-0.2, -0.15) is 9.67 Å². The second-order valence-corrected chi connectivity index (χ2v) is 6.20. The number of non-ortho nitro benzene ring substituents is 1. The number of thiophene rings is 1. The van der Waals surface area contributed by atoms with Crippen LogP contribution in [0, 0.1) is 10.1 Å². The fourth-order valence-electron chi connectivity index (χ4n) is 2.26. The summed E-state index contributed by atoms with van der Waals surface area (Å²) in [5.74, 6) is 0.303. The van der Waals surface area contributed by atoms with Crippen molar-refractivity contribution in [2.75, 3.05) is 19.0 Å². The van der Waals surface area contributed by atoms with E-state index in [2.05, 4.69) is 15.4 Å². The lowest BCUT2D eigenvalue weighted by atomic mass is 10.2. The van der Waals surface area contributed by atoms with Crippen LogP contribution in [0.5, 0.6) is 0 Å². The number of methoxy groups -OCH3 is 1. The van der Waals surface area contributed by atoms with Crippen LogP contribution < -0.4 is 5.32 Å². The lowest BCUT2D eigenvalue weighted by Crippen LogP contribution is -2.20. The molecule has 10 heteroatoms. The van der Waals surface area contributed by atoms with E-state index >= 15 is 0 Å². The average molecular weight is 373 g/mol. The van der Waals surface area contributed by atoms with E-state index < -0.39 is 4.92 Å². The van der Waals surface area contributed by atoms with Crippen molar-refractivity contribution in [2.45, 2.75) is 6.54 Å². The summed E-state index contributed by atoms with van der Waals surface area (Å²) in [6.45, 7) is 0.114. The van der Waals surface area contributed by atoms with Gasteiger partial charge in [0.25, 0.3) is 11.6 Å². The standard InChI is InChI=1S/C16H15N5O4S/c1-25-10-14(22)20-16(18-15(19-20)13-6-3-7-26-13)17-9-11-4-2-5-12(8-11)21(23)24/h2-8H,9-10H2,1H3,(H,17,18,19). The molecule has 26 heavy (non-hydrogen) atoms. The molecule has 0 bridgehead atoms. The Hall–Kier alpha value is -3.11. The quantitative estimate of drug-likeness (QED) is 0.500. The van der Waals surface area contributed by atoms with Gasteiger partial charge in [-0.3, -0.25) is 14.9 Å². The molecule has 0 fully saturated rings. The second kappa shape index (κ2) is 7.85.